The first-order valence-electron chi connectivity index (χ1n) is 5.29. The number of hydrogen-bond acceptors (Lipinski definition) is 4. The summed E-state index contributed by atoms with van der Waals surface area (Å²) in [5.74, 6) is 0. The lowest BCUT2D eigenvalue weighted by atomic mass is 10.2. The highest BCUT2D eigenvalue weighted by molar-refractivity contribution is 5.57. The van der Waals surface area contributed by atoms with Crippen LogP contribution in [0.3, 0.4) is 0 Å². The molecule has 0 bridgehead atoms. The molecule has 4 heteroatoms. The van der Waals surface area contributed by atoms with Crippen molar-refractivity contribution in [3.8, 4) is 0 Å². The topological polar surface area (TPSA) is 56.5 Å². The maximum Gasteiger partial charge on any atom is 0.0976 e. The van der Waals surface area contributed by atoms with Crippen LogP contribution < -0.4 is 11.1 Å². The molecule has 0 aliphatic rings. The zero-order valence-electron chi connectivity index (χ0n) is 10.1. The van der Waals surface area contributed by atoms with Crippen molar-refractivity contribution < 1.29 is 9.47 Å². The summed E-state index contributed by atoms with van der Waals surface area (Å²) in [5.41, 5.74) is 8.67. The van der Waals surface area contributed by atoms with Crippen LogP contribution >= 0.6 is 0 Å². The molecular weight excluding hydrogens is 204 g/mol. The number of nitrogens with one attached hydrogen (secondary N) is 1. The molecule has 0 saturated carbocycles. The third-order valence-electron chi connectivity index (χ3n) is 2.46. The van der Waals surface area contributed by atoms with Gasteiger partial charge >= 0.3 is 0 Å². The van der Waals surface area contributed by atoms with Gasteiger partial charge in [-0.1, -0.05) is 0 Å². The van der Waals surface area contributed by atoms with E-state index in [-0.39, 0.29) is 6.10 Å². The van der Waals surface area contributed by atoms with Gasteiger partial charge in [0.15, 0.2) is 0 Å². The second kappa shape index (κ2) is 6.35. The van der Waals surface area contributed by atoms with Gasteiger partial charge in [0.1, 0.15) is 0 Å². The summed E-state index contributed by atoms with van der Waals surface area (Å²) in [6.07, 6.45) is 0.0574. The average molecular weight is 224 g/mol. The van der Waals surface area contributed by atoms with E-state index in [4.69, 9.17) is 15.2 Å². The first kappa shape index (κ1) is 12.8. The number of rotatable bonds is 6. The average Bonchev–Trinajstić information content (AvgIpc) is 2.26. The Hall–Kier alpha value is -1.26. The lowest BCUT2D eigenvalue weighted by Crippen LogP contribution is -2.26. The highest BCUT2D eigenvalue weighted by atomic mass is 16.5. The van der Waals surface area contributed by atoms with E-state index in [9.17, 15) is 0 Å². The van der Waals surface area contributed by atoms with Crippen molar-refractivity contribution in [2.75, 3.05) is 38.4 Å². The summed E-state index contributed by atoms with van der Waals surface area (Å²) < 4.78 is 10.3. The third kappa shape index (κ3) is 3.72. The van der Waals surface area contributed by atoms with Crippen molar-refractivity contribution in [3.05, 3.63) is 23.8 Å². The van der Waals surface area contributed by atoms with Gasteiger partial charge in [-0.3, -0.25) is 0 Å². The van der Waals surface area contributed by atoms with E-state index in [1.54, 1.807) is 14.2 Å². The van der Waals surface area contributed by atoms with Crippen LogP contribution in [-0.4, -0.2) is 33.5 Å². The van der Waals surface area contributed by atoms with Gasteiger partial charge in [-0.15, -0.1) is 0 Å². The Morgan fingerprint density at radius 1 is 1.38 bits per heavy atom. The van der Waals surface area contributed by atoms with E-state index in [0.29, 0.717) is 6.61 Å². The molecule has 90 valence electrons. The molecule has 0 saturated heterocycles. The molecular formula is C12H20N2O2. The number of methoxy groups -OCH3 is 2. The van der Waals surface area contributed by atoms with Crippen LogP contribution in [0.2, 0.25) is 0 Å². The van der Waals surface area contributed by atoms with Crippen LogP contribution in [0.5, 0.6) is 0 Å². The summed E-state index contributed by atoms with van der Waals surface area (Å²) >= 11 is 0. The summed E-state index contributed by atoms with van der Waals surface area (Å²) in [5, 5.41) is 3.32. The lowest BCUT2D eigenvalue weighted by Gasteiger charge is -2.17. The molecule has 0 heterocycles. The number of nitrogens with two attached hydrogens (primary N) is 1. The van der Waals surface area contributed by atoms with Crippen LogP contribution in [0.4, 0.5) is 11.4 Å². The van der Waals surface area contributed by atoms with E-state index < -0.39 is 0 Å². The zero-order chi connectivity index (χ0) is 12.0. The lowest BCUT2D eigenvalue weighted by molar-refractivity contribution is 0.0365. The van der Waals surface area contributed by atoms with Crippen molar-refractivity contribution in [1.29, 1.82) is 0 Å². The molecule has 16 heavy (non-hydrogen) atoms. The second-order valence-corrected chi connectivity index (χ2v) is 3.77. The number of aryl methyl sites for hydroxylation is 1. The largest absolute Gasteiger partial charge is 0.399 e. The molecule has 0 radical (unpaired) electrons. The minimum absolute atomic E-state index is 0.0574. The predicted molar refractivity (Wildman–Crippen MR) is 66.8 cm³/mol. The van der Waals surface area contributed by atoms with Crippen LogP contribution in [0, 0.1) is 6.92 Å². The van der Waals surface area contributed by atoms with E-state index in [2.05, 4.69) is 5.32 Å². The summed E-state index contributed by atoms with van der Waals surface area (Å²) in [4.78, 5) is 0. The van der Waals surface area contributed by atoms with Gasteiger partial charge in [-0.25, -0.2) is 0 Å². The van der Waals surface area contributed by atoms with Crippen LogP contribution in [-0.2, 0) is 9.47 Å². The smallest absolute Gasteiger partial charge is 0.0976 e. The van der Waals surface area contributed by atoms with Crippen molar-refractivity contribution >= 4 is 11.4 Å². The molecule has 0 amide bonds. The molecule has 0 aliphatic carbocycles. The molecule has 1 atom stereocenters. The normalized spacial score (nSPS) is 12.4. The Bertz CT molecular complexity index is 329. The second-order valence-electron chi connectivity index (χ2n) is 3.77. The Morgan fingerprint density at radius 2 is 2.12 bits per heavy atom. The van der Waals surface area contributed by atoms with Crippen LogP contribution in [0.15, 0.2) is 18.2 Å². The summed E-state index contributed by atoms with van der Waals surface area (Å²) in [7, 11) is 3.35. The van der Waals surface area contributed by atoms with E-state index >= 15 is 0 Å². The summed E-state index contributed by atoms with van der Waals surface area (Å²) in [6.45, 7) is 3.32. The highest BCUT2D eigenvalue weighted by Crippen LogP contribution is 2.17. The van der Waals surface area contributed by atoms with Gasteiger partial charge in [-0.2, -0.15) is 0 Å². The quantitative estimate of drug-likeness (QED) is 0.721. The molecule has 4 nitrogen and oxygen atoms in total. The van der Waals surface area contributed by atoms with Gasteiger partial charge in [-0.05, 0) is 30.7 Å². The first-order valence-corrected chi connectivity index (χ1v) is 5.29. The first-order chi connectivity index (χ1) is 7.67. The Kier molecular flexibility index (Phi) is 5.08. The predicted octanol–water partition coefficient (Wildman–Crippen LogP) is 1.65. The fourth-order valence-corrected chi connectivity index (χ4v) is 1.51. The third-order valence-corrected chi connectivity index (χ3v) is 2.46. The molecule has 1 aromatic carbocycles. The minimum Gasteiger partial charge on any atom is -0.399 e. The SMILES string of the molecule is COCC(CNc1ccc(N)cc1C)OC. The zero-order valence-corrected chi connectivity index (χ0v) is 10.1. The molecule has 3 N–H and O–H groups in total. The van der Waals surface area contributed by atoms with E-state index in [1.807, 2.05) is 25.1 Å². The van der Waals surface area contributed by atoms with Crippen molar-refractivity contribution in [1.82, 2.24) is 0 Å². The van der Waals surface area contributed by atoms with Crippen molar-refractivity contribution in [2.24, 2.45) is 0 Å². The number of ether oxygens (including phenoxy) is 2. The standard InChI is InChI=1S/C12H20N2O2/c1-9-6-10(13)4-5-12(9)14-7-11(16-3)8-15-2/h4-6,11,14H,7-8,13H2,1-3H3. The maximum absolute atomic E-state index is 5.68. The van der Waals surface area contributed by atoms with E-state index in [1.165, 1.54) is 0 Å². The fourth-order valence-electron chi connectivity index (χ4n) is 1.51. The van der Waals surface area contributed by atoms with Gasteiger partial charge < -0.3 is 20.5 Å². The van der Waals surface area contributed by atoms with Gasteiger partial charge in [0.25, 0.3) is 0 Å². The molecule has 0 aliphatic heterocycles. The molecule has 0 fully saturated rings. The van der Waals surface area contributed by atoms with Gasteiger partial charge in [0.05, 0.1) is 12.7 Å². The Labute approximate surface area is 96.7 Å². The maximum atomic E-state index is 5.68. The van der Waals surface area contributed by atoms with Crippen molar-refractivity contribution in [3.63, 3.8) is 0 Å². The van der Waals surface area contributed by atoms with E-state index in [0.717, 1.165) is 23.5 Å². The molecule has 0 aromatic heterocycles. The Balaban J connectivity index is 2.53. The molecule has 1 rings (SSSR count). The fraction of sp³-hybridized carbons (Fsp3) is 0.500. The number of hydrogen-bond donors (Lipinski definition) is 2. The number of anilines is 2. The Morgan fingerprint density at radius 3 is 2.69 bits per heavy atom. The minimum atomic E-state index is 0.0574. The van der Waals surface area contributed by atoms with Crippen LogP contribution in [0.25, 0.3) is 0 Å². The molecule has 1 aromatic rings. The highest BCUT2D eigenvalue weighted by Gasteiger charge is 2.07. The molecule has 0 spiro atoms. The molecule has 1 unspecified atom stereocenters. The monoisotopic (exact) mass is 224 g/mol. The van der Waals surface area contributed by atoms with Gasteiger partial charge in [0.2, 0.25) is 0 Å². The summed E-state index contributed by atoms with van der Waals surface area (Å²) in [6, 6.07) is 5.80. The number of nitrogen functional groups attached to an aromatic ring is 1. The van der Waals surface area contributed by atoms with Gasteiger partial charge in [0, 0.05) is 32.1 Å². The van der Waals surface area contributed by atoms with Crippen molar-refractivity contribution in [2.45, 2.75) is 13.0 Å². The number of benzene rings is 1. The van der Waals surface area contributed by atoms with Crippen LogP contribution in [0.1, 0.15) is 5.56 Å².